The molecule has 1 N–H and O–H groups in total. The Hall–Kier alpha value is -2.53. The van der Waals surface area contributed by atoms with Crippen LogP contribution in [0.15, 0.2) is 48.7 Å². The van der Waals surface area contributed by atoms with Crippen molar-refractivity contribution in [1.82, 2.24) is 20.1 Å². The lowest BCUT2D eigenvalue weighted by Gasteiger charge is -2.07. The number of benzene rings is 1. The molecule has 1 aromatic carbocycles. The third-order valence-corrected chi connectivity index (χ3v) is 3.64. The van der Waals surface area contributed by atoms with Gasteiger partial charge in [-0.15, -0.1) is 0 Å². The van der Waals surface area contributed by atoms with E-state index in [2.05, 4.69) is 15.4 Å². The zero-order chi connectivity index (χ0) is 16.2. The summed E-state index contributed by atoms with van der Waals surface area (Å²) in [5.74, 6) is 0.617. The lowest BCUT2D eigenvalue weighted by molar-refractivity contribution is 0.587. The number of aromatic nitrogens is 3. The summed E-state index contributed by atoms with van der Waals surface area (Å²) < 4.78 is 15.4. The molecule has 2 heterocycles. The van der Waals surface area contributed by atoms with Gasteiger partial charge < -0.3 is 5.32 Å². The van der Waals surface area contributed by atoms with E-state index in [0.717, 1.165) is 22.8 Å². The molecule has 0 saturated carbocycles. The van der Waals surface area contributed by atoms with E-state index in [1.807, 2.05) is 49.0 Å². The first-order valence-electron chi connectivity index (χ1n) is 7.56. The Kier molecular flexibility index (Phi) is 4.48. The number of aryl methyl sites for hydroxylation is 2. The average molecular weight is 310 g/mol. The minimum atomic E-state index is -0.182. The van der Waals surface area contributed by atoms with Gasteiger partial charge in [0.25, 0.3) is 0 Å². The van der Waals surface area contributed by atoms with Crippen LogP contribution in [-0.2, 0) is 13.1 Å². The summed E-state index contributed by atoms with van der Waals surface area (Å²) in [5.41, 5.74) is 3.74. The van der Waals surface area contributed by atoms with Crippen LogP contribution in [0.25, 0.3) is 5.82 Å². The second kappa shape index (κ2) is 6.71. The maximum atomic E-state index is 13.5. The second-order valence-electron chi connectivity index (χ2n) is 5.56. The van der Waals surface area contributed by atoms with Crippen molar-refractivity contribution in [3.8, 4) is 5.82 Å². The summed E-state index contributed by atoms with van der Waals surface area (Å²) in [6, 6.07) is 12.8. The molecule has 0 atom stereocenters. The minimum Gasteiger partial charge on any atom is -0.308 e. The zero-order valence-corrected chi connectivity index (χ0v) is 13.3. The Morgan fingerprint density at radius 1 is 1.09 bits per heavy atom. The molecule has 0 unspecified atom stereocenters. The highest BCUT2D eigenvalue weighted by atomic mass is 19.1. The number of pyridine rings is 1. The number of hydrogen-bond acceptors (Lipinski definition) is 3. The average Bonchev–Trinajstić information content (AvgIpc) is 2.88. The van der Waals surface area contributed by atoms with E-state index in [1.165, 1.54) is 6.07 Å². The van der Waals surface area contributed by atoms with E-state index >= 15 is 0 Å². The SMILES string of the molecule is Cc1cc(C)n(-c2ccc(CNCc3ccccc3F)cn2)n1. The highest BCUT2D eigenvalue weighted by molar-refractivity contribution is 5.28. The summed E-state index contributed by atoms with van der Waals surface area (Å²) in [6.07, 6.45) is 1.82. The van der Waals surface area contributed by atoms with Gasteiger partial charge in [0.15, 0.2) is 5.82 Å². The van der Waals surface area contributed by atoms with Crippen LogP contribution in [0.4, 0.5) is 4.39 Å². The predicted molar refractivity (Wildman–Crippen MR) is 87.8 cm³/mol. The van der Waals surface area contributed by atoms with Crippen LogP contribution in [-0.4, -0.2) is 14.8 Å². The number of hydrogen-bond donors (Lipinski definition) is 1. The molecule has 5 heteroatoms. The van der Waals surface area contributed by atoms with Crippen LogP contribution in [0, 0.1) is 19.7 Å². The van der Waals surface area contributed by atoms with Crippen LogP contribution in [0.1, 0.15) is 22.5 Å². The van der Waals surface area contributed by atoms with Crippen LogP contribution in [0.2, 0.25) is 0 Å². The van der Waals surface area contributed by atoms with Gasteiger partial charge in [0, 0.05) is 30.5 Å². The summed E-state index contributed by atoms with van der Waals surface area (Å²) in [5, 5.41) is 7.65. The maximum absolute atomic E-state index is 13.5. The van der Waals surface area contributed by atoms with Crippen molar-refractivity contribution in [1.29, 1.82) is 0 Å². The van der Waals surface area contributed by atoms with E-state index in [-0.39, 0.29) is 5.82 Å². The van der Waals surface area contributed by atoms with Gasteiger partial charge in [0.05, 0.1) is 5.69 Å². The van der Waals surface area contributed by atoms with E-state index in [9.17, 15) is 4.39 Å². The first kappa shape index (κ1) is 15.4. The predicted octanol–water partition coefficient (Wildman–Crippen LogP) is 3.31. The molecule has 4 nitrogen and oxygen atoms in total. The Balaban J connectivity index is 1.62. The number of rotatable bonds is 5. The van der Waals surface area contributed by atoms with Crippen molar-refractivity contribution in [2.45, 2.75) is 26.9 Å². The summed E-state index contributed by atoms with van der Waals surface area (Å²) >= 11 is 0. The van der Waals surface area contributed by atoms with E-state index in [1.54, 1.807) is 12.1 Å². The monoisotopic (exact) mass is 310 g/mol. The fraction of sp³-hybridized carbons (Fsp3) is 0.222. The first-order chi connectivity index (χ1) is 11.1. The molecule has 0 bridgehead atoms. The fourth-order valence-corrected chi connectivity index (χ4v) is 2.49. The lowest BCUT2D eigenvalue weighted by Crippen LogP contribution is -2.14. The topological polar surface area (TPSA) is 42.7 Å². The molecule has 0 saturated heterocycles. The lowest BCUT2D eigenvalue weighted by atomic mass is 10.2. The van der Waals surface area contributed by atoms with E-state index < -0.39 is 0 Å². The van der Waals surface area contributed by atoms with Crippen molar-refractivity contribution in [2.24, 2.45) is 0 Å². The maximum Gasteiger partial charge on any atom is 0.153 e. The highest BCUT2D eigenvalue weighted by Crippen LogP contribution is 2.11. The van der Waals surface area contributed by atoms with Crippen LogP contribution >= 0.6 is 0 Å². The van der Waals surface area contributed by atoms with Gasteiger partial charge in [-0.05, 0) is 37.6 Å². The van der Waals surface area contributed by atoms with Crippen LogP contribution in [0.5, 0.6) is 0 Å². The van der Waals surface area contributed by atoms with Gasteiger partial charge in [-0.1, -0.05) is 24.3 Å². The standard InChI is InChI=1S/C18H19FN4/c1-13-9-14(2)23(22-13)18-8-7-15(11-21-18)10-20-12-16-5-3-4-6-17(16)19/h3-9,11,20H,10,12H2,1-2H3. The van der Waals surface area contributed by atoms with Gasteiger partial charge in [0.1, 0.15) is 5.82 Å². The molecule has 118 valence electrons. The Morgan fingerprint density at radius 3 is 2.57 bits per heavy atom. The normalized spacial score (nSPS) is 10.9. The molecule has 0 spiro atoms. The Morgan fingerprint density at radius 2 is 1.91 bits per heavy atom. The van der Waals surface area contributed by atoms with E-state index in [0.29, 0.717) is 18.7 Å². The Bertz CT molecular complexity index is 793. The zero-order valence-electron chi connectivity index (χ0n) is 13.3. The molecule has 0 aliphatic rings. The third-order valence-electron chi connectivity index (χ3n) is 3.64. The smallest absolute Gasteiger partial charge is 0.153 e. The highest BCUT2D eigenvalue weighted by Gasteiger charge is 2.05. The van der Waals surface area contributed by atoms with Gasteiger partial charge in [0.2, 0.25) is 0 Å². The first-order valence-corrected chi connectivity index (χ1v) is 7.56. The molecule has 0 aliphatic carbocycles. The Labute approximate surface area is 135 Å². The van der Waals surface area contributed by atoms with E-state index in [4.69, 9.17) is 0 Å². The number of halogens is 1. The number of nitrogens with one attached hydrogen (secondary N) is 1. The van der Waals surface area contributed by atoms with Crippen molar-refractivity contribution < 1.29 is 4.39 Å². The summed E-state index contributed by atoms with van der Waals surface area (Å²) in [7, 11) is 0. The largest absolute Gasteiger partial charge is 0.308 e. The fourth-order valence-electron chi connectivity index (χ4n) is 2.49. The quantitative estimate of drug-likeness (QED) is 0.786. The molecule has 23 heavy (non-hydrogen) atoms. The molecular formula is C18H19FN4. The third kappa shape index (κ3) is 3.63. The molecule has 3 rings (SSSR count). The minimum absolute atomic E-state index is 0.182. The molecule has 0 radical (unpaired) electrons. The number of nitrogens with zero attached hydrogens (tertiary/aromatic N) is 3. The van der Waals surface area contributed by atoms with Crippen LogP contribution < -0.4 is 5.32 Å². The van der Waals surface area contributed by atoms with Gasteiger partial charge in [-0.3, -0.25) is 0 Å². The molecular weight excluding hydrogens is 291 g/mol. The van der Waals surface area contributed by atoms with Gasteiger partial charge in [-0.2, -0.15) is 5.10 Å². The second-order valence-corrected chi connectivity index (χ2v) is 5.56. The van der Waals surface area contributed by atoms with Crippen molar-refractivity contribution in [3.63, 3.8) is 0 Å². The summed E-state index contributed by atoms with van der Waals surface area (Å²) in [6.45, 7) is 5.10. The molecule has 3 aromatic rings. The van der Waals surface area contributed by atoms with Crippen molar-refractivity contribution in [3.05, 3.63) is 77.0 Å². The molecule has 2 aromatic heterocycles. The molecule has 0 amide bonds. The molecule has 0 aliphatic heterocycles. The van der Waals surface area contributed by atoms with Crippen LogP contribution in [0.3, 0.4) is 0 Å². The van der Waals surface area contributed by atoms with Gasteiger partial charge in [-0.25, -0.2) is 14.1 Å². The van der Waals surface area contributed by atoms with Crippen molar-refractivity contribution >= 4 is 0 Å². The van der Waals surface area contributed by atoms with Gasteiger partial charge >= 0.3 is 0 Å². The molecule has 0 fully saturated rings. The summed E-state index contributed by atoms with van der Waals surface area (Å²) in [4.78, 5) is 4.45. The van der Waals surface area contributed by atoms with Crippen molar-refractivity contribution in [2.75, 3.05) is 0 Å².